The number of unbranched alkanes of at least 4 members (excludes halogenated alkanes) is 1. The molecular formula is C39H44N4O6. The number of allylic oxidation sites excluding steroid dienone is 1. The van der Waals surface area contributed by atoms with Gasteiger partial charge >= 0.3 is 5.97 Å². The molecule has 4 bridgehead atoms. The molecule has 5 atom stereocenters. The molecule has 3 aliphatic rings. The number of carbonyl (C=O) groups is 4. The van der Waals surface area contributed by atoms with Crippen molar-refractivity contribution < 1.29 is 29.0 Å². The van der Waals surface area contributed by atoms with E-state index in [2.05, 4.69) is 29.4 Å². The van der Waals surface area contributed by atoms with E-state index in [0.717, 1.165) is 47.0 Å². The Bertz CT molecular complexity index is 1770. The van der Waals surface area contributed by atoms with Gasteiger partial charge in [-0.2, -0.15) is 0 Å². The summed E-state index contributed by atoms with van der Waals surface area (Å²) >= 11 is 0. The fourth-order valence-electron chi connectivity index (χ4n) is 6.94. The van der Waals surface area contributed by atoms with Gasteiger partial charge in [0.1, 0.15) is 29.5 Å². The summed E-state index contributed by atoms with van der Waals surface area (Å²) in [5.41, 5.74) is 1.92. The number of hydrogen-bond acceptors (Lipinski definition) is 6. The molecule has 0 unspecified atom stereocenters. The lowest BCUT2D eigenvalue weighted by atomic mass is 10.1. The van der Waals surface area contributed by atoms with Gasteiger partial charge in [-0.25, -0.2) is 9.78 Å². The van der Waals surface area contributed by atoms with Gasteiger partial charge in [0.15, 0.2) is 0 Å². The minimum Gasteiger partial charge on any atom is -0.488 e. The Labute approximate surface area is 286 Å². The van der Waals surface area contributed by atoms with Crippen LogP contribution in [0.1, 0.15) is 70.3 Å². The number of pyridine rings is 1. The largest absolute Gasteiger partial charge is 0.488 e. The molecule has 1 aromatic heterocycles. The minimum absolute atomic E-state index is 0.0878. The number of fused-ring (bicyclic) bond motifs is 3. The number of nitrogens with zero attached hydrogens (tertiary/aromatic N) is 2. The first-order valence-electron chi connectivity index (χ1n) is 17.3. The maximum atomic E-state index is 14.3. The van der Waals surface area contributed by atoms with Crippen molar-refractivity contribution >= 4 is 40.7 Å². The molecule has 3 amide bonds. The van der Waals surface area contributed by atoms with Crippen molar-refractivity contribution in [3.63, 3.8) is 0 Å². The summed E-state index contributed by atoms with van der Waals surface area (Å²) in [7, 11) is 0. The number of aliphatic carboxylic acids is 1. The van der Waals surface area contributed by atoms with Crippen LogP contribution in [0.15, 0.2) is 73.3 Å². The lowest BCUT2D eigenvalue weighted by Crippen LogP contribution is -2.56. The van der Waals surface area contributed by atoms with Gasteiger partial charge in [-0.3, -0.25) is 14.4 Å². The predicted molar refractivity (Wildman–Crippen MR) is 187 cm³/mol. The van der Waals surface area contributed by atoms with Crippen LogP contribution < -0.4 is 15.4 Å². The lowest BCUT2D eigenvalue weighted by molar-refractivity contribution is -0.146. The van der Waals surface area contributed by atoms with Crippen molar-refractivity contribution in [3.8, 4) is 17.0 Å². The van der Waals surface area contributed by atoms with Gasteiger partial charge in [0, 0.05) is 35.8 Å². The number of carbonyl (C=O) groups excluding carboxylic acids is 3. The Morgan fingerprint density at radius 3 is 2.71 bits per heavy atom. The van der Waals surface area contributed by atoms with Crippen LogP contribution in [0.2, 0.25) is 0 Å². The smallest absolute Gasteiger partial charge is 0.330 e. The molecule has 2 fully saturated rings. The third-order valence-electron chi connectivity index (χ3n) is 9.85. The molecule has 2 aliphatic heterocycles. The van der Waals surface area contributed by atoms with Crippen LogP contribution in [-0.2, 0) is 19.2 Å². The van der Waals surface area contributed by atoms with Crippen LogP contribution in [0.5, 0.6) is 5.75 Å². The molecule has 1 saturated carbocycles. The first-order valence-corrected chi connectivity index (χ1v) is 17.3. The normalized spacial score (nSPS) is 25.6. The van der Waals surface area contributed by atoms with Crippen molar-refractivity contribution in [2.45, 2.75) is 88.4 Å². The van der Waals surface area contributed by atoms with Crippen molar-refractivity contribution in [1.82, 2.24) is 20.5 Å². The standard InChI is InChI=1S/C39H44N4O6/c1-3-5-16-31-37(46)43-24-28(21-33(43)36(45)42-39(38(47)48)23-27(39)4-2)49-34-22-32(26-14-10-8-11-15-26)40-30-19-18-25(20-29(30)34)13-9-6-7-12-17-35(44)41-31/h4,8-11,13-15,18-20,22,27-28,31,33H,2-3,5-7,12,16-17,21,23-24H2,1H3,(H,41,44)(H,42,45)(H,47,48)/t27-,28-,31+,33-,39-/m1/s1. The molecule has 0 spiro atoms. The van der Waals surface area contributed by atoms with Crippen LogP contribution >= 0.6 is 0 Å². The van der Waals surface area contributed by atoms with E-state index in [9.17, 15) is 24.3 Å². The summed E-state index contributed by atoms with van der Waals surface area (Å²) in [4.78, 5) is 60.0. The zero-order valence-electron chi connectivity index (χ0n) is 27.9. The van der Waals surface area contributed by atoms with E-state index < -0.39 is 41.5 Å². The molecule has 1 saturated heterocycles. The molecule has 49 heavy (non-hydrogen) atoms. The van der Waals surface area contributed by atoms with Crippen LogP contribution in [0, 0.1) is 5.92 Å². The second-order valence-electron chi connectivity index (χ2n) is 13.4. The molecule has 10 nitrogen and oxygen atoms in total. The van der Waals surface area contributed by atoms with Crippen LogP contribution in [0.4, 0.5) is 0 Å². The average Bonchev–Trinajstić information content (AvgIpc) is 3.67. The second-order valence-corrected chi connectivity index (χ2v) is 13.4. The summed E-state index contributed by atoms with van der Waals surface area (Å²) in [5.74, 6) is -2.11. The predicted octanol–water partition coefficient (Wildman–Crippen LogP) is 5.66. The van der Waals surface area contributed by atoms with Crippen LogP contribution in [0.25, 0.3) is 28.2 Å². The summed E-state index contributed by atoms with van der Waals surface area (Å²) in [6.07, 6.45) is 10.0. The van der Waals surface area contributed by atoms with Crippen LogP contribution in [-0.4, -0.2) is 69.0 Å². The monoisotopic (exact) mass is 664 g/mol. The number of carboxylic acids is 1. The zero-order valence-corrected chi connectivity index (χ0v) is 27.9. The molecule has 0 radical (unpaired) electrons. The van der Waals surface area contributed by atoms with E-state index >= 15 is 0 Å². The van der Waals surface area contributed by atoms with Gasteiger partial charge < -0.3 is 25.4 Å². The van der Waals surface area contributed by atoms with Crippen LogP contribution in [0.3, 0.4) is 0 Å². The third kappa shape index (κ3) is 7.38. The van der Waals surface area contributed by atoms with E-state index in [1.54, 1.807) is 0 Å². The van der Waals surface area contributed by atoms with E-state index in [1.807, 2.05) is 61.5 Å². The van der Waals surface area contributed by atoms with E-state index in [1.165, 1.54) is 11.0 Å². The van der Waals surface area contributed by atoms with E-state index in [-0.39, 0.29) is 37.6 Å². The fraction of sp³-hybridized carbons (Fsp3) is 0.410. The maximum absolute atomic E-state index is 14.3. The number of rotatable bonds is 8. The molecule has 3 aromatic rings. The van der Waals surface area contributed by atoms with E-state index in [0.29, 0.717) is 25.0 Å². The number of carboxylic acid groups (broad SMARTS) is 1. The summed E-state index contributed by atoms with van der Waals surface area (Å²) in [6, 6.07) is 15.9. The summed E-state index contributed by atoms with van der Waals surface area (Å²) < 4.78 is 6.72. The molecule has 3 heterocycles. The highest BCUT2D eigenvalue weighted by atomic mass is 16.5. The zero-order chi connectivity index (χ0) is 34.5. The molecule has 3 N–H and O–H groups in total. The Hall–Kier alpha value is -4.99. The van der Waals surface area contributed by atoms with Crippen molar-refractivity contribution in [3.05, 3.63) is 78.9 Å². The van der Waals surface area contributed by atoms with Gasteiger partial charge in [0.05, 0.1) is 17.8 Å². The quantitative estimate of drug-likeness (QED) is 0.264. The first-order chi connectivity index (χ1) is 23.7. The van der Waals surface area contributed by atoms with E-state index in [4.69, 9.17) is 9.72 Å². The number of ether oxygens (including phenoxy) is 1. The number of aromatic nitrogens is 1. The summed E-state index contributed by atoms with van der Waals surface area (Å²) in [5, 5.41) is 16.5. The molecular weight excluding hydrogens is 620 g/mol. The second kappa shape index (κ2) is 14.6. The van der Waals surface area contributed by atoms with Gasteiger partial charge in [0.2, 0.25) is 17.7 Å². The summed E-state index contributed by atoms with van der Waals surface area (Å²) in [6.45, 7) is 5.83. The highest BCUT2D eigenvalue weighted by Crippen LogP contribution is 2.45. The number of nitrogens with one attached hydrogen (secondary N) is 2. The SMILES string of the molecule is C=C[C@@H]1C[C@]1(NC(=O)[C@H]1C[C@@H]2CN1C(=O)[C@H](CCCC)NC(=O)CCCCC=Cc1ccc3nc(-c4ccccc4)cc(c3c1)O2)C(=O)O. The average molecular weight is 665 g/mol. The van der Waals surface area contributed by atoms with Crippen molar-refractivity contribution in [2.75, 3.05) is 6.54 Å². The molecule has 10 heteroatoms. The Balaban J connectivity index is 1.39. The Morgan fingerprint density at radius 2 is 1.98 bits per heavy atom. The maximum Gasteiger partial charge on any atom is 0.330 e. The lowest BCUT2D eigenvalue weighted by Gasteiger charge is -2.29. The number of benzene rings is 2. The van der Waals surface area contributed by atoms with Gasteiger partial charge in [-0.15, -0.1) is 6.58 Å². The van der Waals surface area contributed by atoms with Gasteiger partial charge in [-0.05, 0) is 49.8 Å². The van der Waals surface area contributed by atoms with Crippen molar-refractivity contribution in [1.29, 1.82) is 0 Å². The first kappa shape index (κ1) is 33.9. The van der Waals surface area contributed by atoms with Gasteiger partial charge in [0.25, 0.3) is 0 Å². The molecule has 256 valence electrons. The molecule has 1 aliphatic carbocycles. The Morgan fingerprint density at radius 1 is 1.16 bits per heavy atom. The highest BCUT2D eigenvalue weighted by molar-refractivity contribution is 5.96. The van der Waals surface area contributed by atoms with Crippen molar-refractivity contribution in [2.24, 2.45) is 5.92 Å². The number of hydrogen-bond donors (Lipinski definition) is 3. The number of amides is 3. The molecule has 2 aromatic carbocycles. The fourth-order valence-corrected chi connectivity index (χ4v) is 6.94. The topological polar surface area (TPSA) is 138 Å². The minimum atomic E-state index is -1.45. The Kier molecular flexibility index (Phi) is 10.1. The highest BCUT2D eigenvalue weighted by Gasteiger charge is 2.61. The van der Waals surface area contributed by atoms with Gasteiger partial charge in [-0.1, -0.05) is 74.4 Å². The third-order valence-corrected chi connectivity index (χ3v) is 9.85. The molecule has 6 rings (SSSR count).